The Morgan fingerprint density at radius 3 is 2.43 bits per heavy atom. The molecule has 2 atom stereocenters. The Hall–Kier alpha value is -1.61. The van der Waals surface area contributed by atoms with Gasteiger partial charge in [-0.05, 0) is 35.4 Å². The van der Waals surface area contributed by atoms with Crippen molar-refractivity contribution in [2.24, 2.45) is 0 Å². The summed E-state index contributed by atoms with van der Waals surface area (Å²) in [6.45, 7) is 2.05. The van der Waals surface area contributed by atoms with E-state index in [9.17, 15) is 8.42 Å². The van der Waals surface area contributed by atoms with Gasteiger partial charge in [-0.1, -0.05) is 61.5 Å². The fraction of sp³-hybridized carbons (Fsp3) is 0.333. The summed E-state index contributed by atoms with van der Waals surface area (Å²) in [6.07, 6.45) is 1.59. The predicted octanol–water partition coefficient (Wildman–Crippen LogP) is 3.72. The molecule has 2 aromatic carbocycles. The van der Waals surface area contributed by atoms with E-state index in [-0.39, 0.29) is 16.9 Å². The Morgan fingerprint density at radius 2 is 1.67 bits per heavy atom. The highest BCUT2D eigenvalue weighted by Gasteiger charge is 2.35. The summed E-state index contributed by atoms with van der Waals surface area (Å²) in [4.78, 5) is 0. The number of benzene rings is 2. The van der Waals surface area contributed by atoms with Gasteiger partial charge in [-0.25, -0.2) is 8.42 Å². The number of fused-ring (bicyclic) bond motifs is 1. The lowest BCUT2D eigenvalue weighted by atomic mass is 9.84. The SMILES string of the molecule is C[C@@H]1c2ccccc2CCC1S(=O)(=O)Cc1ccccc1. The van der Waals surface area contributed by atoms with Gasteiger partial charge in [0, 0.05) is 0 Å². The molecule has 0 fully saturated rings. The summed E-state index contributed by atoms with van der Waals surface area (Å²) in [5.41, 5.74) is 3.38. The van der Waals surface area contributed by atoms with Crippen LogP contribution >= 0.6 is 0 Å². The first-order valence-electron chi connectivity index (χ1n) is 7.41. The summed E-state index contributed by atoms with van der Waals surface area (Å²) in [6, 6.07) is 17.7. The third kappa shape index (κ3) is 2.88. The van der Waals surface area contributed by atoms with Crippen LogP contribution in [0.2, 0.25) is 0 Å². The van der Waals surface area contributed by atoms with E-state index in [1.807, 2.05) is 49.4 Å². The number of hydrogen-bond acceptors (Lipinski definition) is 2. The largest absolute Gasteiger partial charge is 0.228 e. The van der Waals surface area contributed by atoms with E-state index in [0.717, 1.165) is 18.4 Å². The van der Waals surface area contributed by atoms with Gasteiger partial charge in [0.25, 0.3) is 0 Å². The molecule has 3 heteroatoms. The van der Waals surface area contributed by atoms with Crippen LogP contribution in [-0.2, 0) is 22.0 Å². The van der Waals surface area contributed by atoms with E-state index in [1.54, 1.807) is 0 Å². The van der Waals surface area contributed by atoms with E-state index in [4.69, 9.17) is 0 Å². The van der Waals surface area contributed by atoms with Crippen molar-refractivity contribution in [3.8, 4) is 0 Å². The lowest BCUT2D eigenvalue weighted by Gasteiger charge is -2.31. The Morgan fingerprint density at radius 1 is 1.00 bits per heavy atom. The van der Waals surface area contributed by atoms with Crippen LogP contribution in [-0.4, -0.2) is 13.7 Å². The summed E-state index contributed by atoms with van der Waals surface area (Å²) < 4.78 is 25.6. The molecule has 1 aliphatic carbocycles. The average Bonchev–Trinajstić information content (AvgIpc) is 2.48. The van der Waals surface area contributed by atoms with Crippen LogP contribution in [0.1, 0.15) is 36.0 Å². The summed E-state index contributed by atoms with van der Waals surface area (Å²) in [5, 5.41) is -0.271. The van der Waals surface area contributed by atoms with E-state index in [2.05, 4.69) is 12.1 Å². The molecule has 0 saturated heterocycles. The topological polar surface area (TPSA) is 34.1 Å². The zero-order valence-electron chi connectivity index (χ0n) is 12.2. The highest BCUT2D eigenvalue weighted by Crippen LogP contribution is 2.36. The summed E-state index contributed by atoms with van der Waals surface area (Å²) in [7, 11) is -3.13. The third-order valence-corrected chi connectivity index (χ3v) is 6.78. The minimum Gasteiger partial charge on any atom is -0.228 e. The third-order valence-electron chi connectivity index (χ3n) is 4.47. The van der Waals surface area contributed by atoms with Gasteiger partial charge in [0.1, 0.15) is 0 Å². The first kappa shape index (κ1) is 14.3. The maximum absolute atomic E-state index is 12.8. The molecule has 0 aliphatic heterocycles. The van der Waals surface area contributed by atoms with Crippen molar-refractivity contribution in [3.63, 3.8) is 0 Å². The second-order valence-corrected chi connectivity index (χ2v) is 8.08. The van der Waals surface area contributed by atoms with Gasteiger partial charge in [0.05, 0.1) is 11.0 Å². The van der Waals surface area contributed by atoms with Crippen molar-refractivity contribution in [2.45, 2.75) is 36.7 Å². The molecule has 0 aromatic heterocycles. The van der Waals surface area contributed by atoms with Crippen LogP contribution in [0.3, 0.4) is 0 Å². The average molecular weight is 300 g/mol. The van der Waals surface area contributed by atoms with Crippen LogP contribution < -0.4 is 0 Å². The van der Waals surface area contributed by atoms with Crippen LogP contribution in [0.4, 0.5) is 0 Å². The van der Waals surface area contributed by atoms with Crippen molar-refractivity contribution in [1.82, 2.24) is 0 Å². The first-order chi connectivity index (χ1) is 10.1. The van der Waals surface area contributed by atoms with Crippen LogP contribution in [0.25, 0.3) is 0 Å². The number of rotatable bonds is 3. The monoisotopic (exact) mass is 300 g/mol. The van der Waals surface area contributed by atoms with Gasteiger partial charge < -0.3 is 0 Å². The molecule has 0 spiro atoms. The zero-order chi connectivity index (χ0) is 14.9. The lowest BCUT2D eigenvalue weighted by molar-refractivity contribution is 0.530. The molecule has 1 aliphatic rings. The molecule has 0 bridgehead atoms. The Kier molecular flexibility index (Phi) is 3.85. The van der Waals surface area contributed by atoms with Crippen LogP contribution in [0, 0.1) is 0 Å². The minimum absolute atomic E-state index is 0.0728. The van der Waals surface area contributed by atoms with Gasteiger partial charge >= 0.3 is 0 Å². The second kappa shape index (κ2) is 5.64. The normalized spacial score (nSPS) is 21.8. The molecule has 0 saturated carbocycles. The maximum atomic E-state index is 12.8. The quantitative estimate of drug-likeness (QED) is 0.865. The first-order valence-corrected chi connectivity index (χ1v) is 9.13. The molecular formula is C18H20O2S. The van der Waals surface area contributed by atoms with Gasteiger partial charge in [-0.2, -0.15) is 0 Å². The molecule has 0 heterocycles. The van der Waals surface area contributed by atoms with E-state index < -0.39 is 9.84 Å². The van der Waals surface area contributed by atoms with Gasteiger partial charge in [0.15, 0.2) is 9.84 Å². The van der Waals surface area contributed by atoms with Crippen molar-refractivity contribution < 1.29 is 8.42 Å². The molecule has 1 unspecified atom stereocenters. The van der Waals surface area contributed by atoms with E-state index in [1.165, 1.54) is 11.1 Å². The Labute approximate surface area is 126 Å². The molecule has 21 heavy (non-hydrogen) atoms. The Bertz CT molecular complexity index is 720. The summed E-state index contributed by atoms with van der Waals surface area (Å²) in [5.74, 6) is 0.217. The van der Waals surface area contributed by atoms with E-state index >= 15 is 0 Å². The van der Waals surface area contributed by atoms with Crippen LogP contribution in [0.15, 0.2) is 54.6 Å². The Balaban J connectivity index is 1.87. The highest BCUT2D eigenvalue weighted by atomic mass is 32.2. The van der Waals surface area contributed by atoms with Crippen LogP contribution in [0.5, 0.6) is 0 Å². The zero-order valence-corrected chi connectivity index (χ0v) is 13.0. The van der Waals surface area contributed by atoms with Crippen molar-refractivity contribution in [2.75, 3.05) is 0 Å². The summed E-state index contributed by atoms with van der Waals surface area (Å²) >= 11 is 0. The molecule has 0 radical (unpaired) electrons. The van der Waals surface area contributed by atoms with Crippen molar-refractivity contribution in [1.29, 1.82) is 0 Å². The van der Waals surface area contributed by atoms with Gasteiger partial charge in [-0.15, -0.1) is 0 Å². The van der Waals surface area contributed by atoms with Crippen molar-refractivity contribution >= 4 is 9.84 Å². The molecular weight excluding hydrogens is 280 g/mol. The maximum Gasteiger partial charge on any atom is 0.157 e. The van der Waals surface area contributed by atoms with E-state index in [0.29, 0.717) is 0 Å². The lowest BCUT2D eigenvalue weighted by Crippen LogP contribution is -2.32. The smallest absolute Gasteiger partial charge is 0.157 e. The molecule has 2 aromatic rings. The fourth-order valence-corrected chi connectivity index (χ4v) is 5.47. The molecule has 3 rings (SSSR count). The molecule has 2 nitrogen and oxygen atoms in total. The second-order valence-electron chi connectivity index (χ2n) is 5.86. The minimum atomic E-state index is -3.13. The number of aryl methyl sites for hydroxylation is 1. The number of sulfone groups is 1. The molecule has 0 amide bonds. The molecule has 110 valence electrons. The fourth-order valence-electron chi connectivity index (χ4n) is 3.36. The van der Waals surface area contributed by atoms with Gasteiger partial charge in [-0.3, -0.25) is 0 Å². The highest BCUT2D eigenvalue weighted by molar-refractivity contribution is 7.91. The van der Waals surface area contributed by atoms with Crippen molar-refractivity contribution in [3.05, 3.63) is 71.3 Å². The predicted molar refractivity (Wildman–Crippen MR) is 86.0 cm³/mol. The van der Waals surface area contributed by atoms with Gasteiger partial charge in [0.2, 0.25) is 0 Å². The standard InChI is InChI=1S/C18H20O2S/c1-14-17-10-6-5-9-16(17)11-12-18(14)21(19,20)13-15-7-3-2-4-8-15/h2-10,14,18H,11-13H2,1H3/t14-,18?/m1/s1. The number of hydrogen-bond donors (Lipinski definition) is 0. The molecule has 0 N–H and O–H groups in total.